The van der Waals surface area contributed by atoms with Crippen molar-refractivity contribution in [2.75, 3.05) is 11.9 Å². The minimum Gasteiger partial charge on any atom is -0.345 e. The lowest BCUT2D eigenvalue weighted by Crippen LogP contribution is -2.49. The number of hydrogen-bond donors (Lipinski definition) is 0. The Morgan fingerprint density at radius 1 is 0.708 bits per heavy atom. The molecule has 0 saturated heterocycles. The maximum absolute atomic E-state index is 2.47. The lowest BCUT2D eigenvalue weighted by Gasteiger charge is -2.22. The molecule has 0 aromatic heterocycles. The van der Waals surface area contributed by atoms with Crippen LogP contribution < -0.4 is 15.3 Å². The van der Waals surface area contributed by atoms with E-state index in [0.29, 0.717) is 0 Å². The average molecular weight is 330 g/mol. The van der Waals surface area contributed by atoms with Crippen LogP contribution in [0.15, 0.2) is 66.7 Å². The van der Waals surface area contributed by atoms with Crippen molar-refractivity contribution in [2.24, 2.45) is 0 Å². The van der Waals surface area contributed by atoms with Crippen molar-refractivity contribution in [3.05, 3.63) is 72.3 Å². The minimum absolute atomic E-state index is 1.22. The Kier molecular flexibility index (Phi) is 3.39. The lowest BCUT2D eigenvalue weighted by molar-refractivity contribution is 1.21. The van der Waals surface area contributed by atoms with Crippen LogP contribution in [0.3, 0.4) is 0 Å². The van der Waals surface area contributed by atoms with Crippen LogP contribution in [0.4, 0.5) is 11.4 Å². The highest BCUT2D eigenvalue weighted by atomic mass is 28.3. The Morgan fingerprint density at radius 3 is 2.04 bits per heavy atom. The maximum atomic E-state index is 2.47. The molecule has 0 atom stereocenters. The van der Waals surface area contributed by atoms with Crippen LogP contribution in [-0.4, -0.2) is 15.1 Å². The first-order valence-corrected chi connectivity index (χ1v) is 11.5. The van der Waals surface area contributed by atoms with Crippen molar-refractivity contribution in [3.63, 3.8) is 0 Å². The van der Waals surface area contributed by atoms with Crippen molar-refractivity contribution in [2.45, 2.75) is 20.0 Å². The van der Waals surface area contributed by atoms with E-state index in [0.717, 1.165) is 0 Å². The SMILES string of the molecule is Cc1ccc2c(c1)-c1cc(N(C)c3ccccc3)ccc1[Si]2(C)C. The molecule has 0 amide bonds. The number of fused-ring (bicyclic) bond motifs is 3. The number of benzene rings is 3. The summed E-state index contributed by atoms with van der Waals surface area (Å²) in [4.78, 5) is 2.27. The summed E-state index contributed by atoms with van der Waals surface area (Å²) in [6.45, 7) is 7.12. The van der Waals surface area contributed by atoms with E-state index in [9.17, 15) is 0 Å². The fourth-order valence-electron chi connectivity index (χ4n) is 3.88. The van der Waals surface area contributed by atoms with Crippen LogP contribution in [0.25, 0.3) is 11.1 Å². The first-order chi connectivity index (χ1) is 11.5. The highest BCUT2D eigenvalue weighted by Gasteiger charge is 2.37. The van der Waals surface area contributed by atoms with Gasteiger partial charge in [0, 0.05) is 18.4 Å². The molecule has 1 aliphatic heterocycles. The molecule has 3 aromatic carbocycles. The first-order valence-electron chi connectivity index (χ1n) is 8.53. The van der Waals surface area contributed by atoms with Crippen molar-refractivity contribution in [1.29, 1.82) is 0 Å². The second-order valence-corrected chi connectivity index (χ2v) is 11.6. The largest absolute Gasteiger partial charge is 0.345 e. The molecule has 0 spiro atoms. The molecule has 1 heterocycles. The van der Waals surface area contributed by atoms with Gasteiger partial charge in [-0.3, -0.25) is 0 Å². The fourth-order valence-corrected chi connectivity index (χ4v) is 6.93. The smallest absolute Gasteiger partial charge is 0.113 e. The number of para-hydroxylation sites is 1. The number of aryl methyl sites for hydroxylation is 1. The Bertz CT molecular complexity index is 913. The van der Waals surface area contributed by atoms with Crippen LogP contribution in [0.1, 0.15) is 5.56 Å². The van der Waals surface area contributed by atoms with Gasteiger partial charge in [0.25, 0.3) is 0 Å². The van der Waals surface area contributed by atoms with Gasteiger partial charge in [-0.2, -0.15) is 0 Å². The summed E-state index contributed by atoms with van der Waals surface area (Å²) in [6.07, 6.45) is 0. The topological polar surface area (TPSA) is 3.24 Å². The first kappa shape index (κ1) is 15.2. The summed E-state index contributed by atoms with van der Waals surface area (Å²) < 4.78 is 0. The molecule has 1 nitrogen and oxygen atoms in total. The van der Waals surface area contributed by atoms with Gasteiger partial charge in [0.1, 0.15) is 8.07 Å². The van der Waals surface area contributed by atoms with E-state index in [1.54, 1.807) is 10.4 Å². The molecule has 3 aromatic rings. The molecule has 0 fully saturated rings. The second kappa shape index (κ2) is 5.35. The van der Waals surface area contributed by atoms with Crippen LogP contribution in [0.5, 0.6) is 0 Å². The van der Waals surface area contributed by atoms with E-state index in [2.05, 4.69) is 98.7 Å². The van der Waals surface area contributed by atoms with Gasteiger partial charge in [-0.05, 0) is 52.7 Å². The van der Waals surface area contributed by atoms with E-state index < -0.39 is 8.07 Å². The van der Waals surface area contributed by atoms with Gasteiger partial charge in [0.05, 0.1) is 0 Å². The molecule has 0 saturated carbocycles. The van der Waals surface area contributed by atoms with Crippen LogP contribution in [0, 0.1) is 6.92 Å². The highest BCUT2D eigenvalue weighted by Crippen LogP contribution is 2.33. The summed E-state index contributed by atoms with van der Waals surface area (Å²) in [6, 6.07) is 24.6. The Hall–Kier alpha value is -2.32. The van der Waals surface area contributed by atoms with Gasteiger partial charge in [-0.1, -0.05) is 61.1 Å². The molecule has 0 N–H and O–H groups in total. The summed E-state index contributed by atoms with van der Waals surface area (Å²) >= 11 is 0. The highest BCUT2D eigenvalue weighted by molar-refractivity contribution is 7.03. The predicted molar refractivity (Wildman–Crippen MR) is 108 cm³/mol. The third-order valence-electron chi connectivity index (χ3n) is 5.35. The monoisotopic (exact) mass is 329 g/mol. The van der Waals surface area contributed by atoms with Gasteiger partial charge in [0.15, 0.2) is 0 Å². The zero-order chi connectivity index (χ0) is 16.9. The zero-order valence-electron chi connectivity index (χ0n) is 14.8. The molecule has 24 heavy (non-hydrogen) atoms. The molecule has 0 radical (unpaired) electrons. The summed E-state index contributed by atoms with van der Waals surface area (Å²) in [5.41, 5.74) is 6.69. The minimum atomic E-state index is -1.56. The van der Waals surface area contributed by atoms with E-state index >= 15 is 0 Å². The Labute approximate surface area is 145 Å². The van der Waals surface area contributed by atoms with Crippen LogP contribution in [-0.2, 0) is 0 Å². The summed E-state index contributed by atoms with van der Waals surface area (Å²) in [7, 11) is 0.585. The Balaban J connectivity index is 1.86. The molecule has 0 bridgehead atoms. The molecule has 120 valence electrons. The molecular formula is C22H23NSi. The van der Waals surface area contributed by atoms with Crippen molar-refractivity contribution >= 4 is 29.8 Å². The number of hydrogen-bond acceptors (Lipinski definition) is 1. The zero-order valence-corrected chi connectivity index (χ0v) is 15.8. The standard InChI is InChI=1S/C22H23NSi/c1-16-10-12-21-19(14-16)20-15-18(11-13-22(20)24(21,3)4)23(2)17-8-6-5-7-9-17/h5-15H,1-4H3. The van der Waals surface area contributed by atoms with Gasteiger partial charge >= 0.3 is 0 Å². The molecule has 4 rings (SSSR count). The second-order valence-electron chi connectivity index (χ2n) is 7.30. The van der Waals surface area contributed by atoms with Gasteiger partial charge in [0.2, 0.25) is 0 Å². The van der Waals surface area contributed by atoms with Crippen molar-refractivity contribution in [1.82, 2.24) is 0 Å². The van der Waals surface area contributed by atoms with E-state index in [1.807, 2.05) is 0 Å². The van der Waals surface area contributed by atoms with E-state index in [-0.39, 0.29) is 0 Å². The van der Waals surface area contributed by atoms with Crippen LogP contribution in [0.2, 0.25) is 13.1 Å². The molecular weight excluding hydrogens is 306 g/mol. The van der Waals surface area contributed by atoms with E-state index in [1.165, 1.54) is 28.1 Å². The van der Waals surface area contributed by atoms with Gasteiger partial charge in [-0.25, -0.2) is 0 Å². The van der Waals surface area contributed by atoms with Crippen molar-refractivity contribution in [3.8, 4) is 11.1 Å². The Morgan fingerprint density at radius 2 is 1.33 bits per heavy atom. The summed E-state index contributed by atoms with van der Waals surface area (Å²) in [5, 5.41) is 3.14. The quantitative estimate of drug-likeness (QED) is 0.623. The van der Waals surface area contributed by atoms with Gasteiger partial charge < -0.3 is 4.90 Å². The third kappa shape index (κ3) is 2.21. The molecule has 2 heteroatoms. The molecule has 0 unspecified atom stereocenters. The van der Waals surface area contributed by atoms with Gasteiger partial charge in [-0.15, -0.1) is 0 Å². The third-order valence-corrected chi connectivity index (χ3v) is 8.91. The number of nitrogens with zero attached hydrogens (tertiary/aromatic N) is 1. The lowest BCUT2D eigenvalue weighted by atomic mass is 10.0. The maximum Gasteiger partial charge on any atom is 0.113 e. The normalized spacial score (nSPS) is 14.2. The number of rotatable bonds is 2. The predicted octanol–water partition coefficient (Wildman–Crippen LogP) is 4.57. The van der Waals surface area contributed by atoms with E-state index in [4.69, 9.17) is 0 Å². The molecule has 1 aliphatic rings. The fraction of sp³-hybridized carbons (Fsp3) is 0.182. The number of anilines is 2. The average Bonchev–Trinajstić information content (AvgIpc) is 2.82. The summed E-state index contributed by atoms with van der Waals surface area (Å²) in [5.74, 6) is 0. The van der Waals surface area contributed by atoms with Crippen molar-refractivity contribution < 1.29 is 0 Å². The molecule has 0 aliphatic carbocycles. The van der Waals surface area contributed by atoms with Crippen LogP contribution >= 0.6 is 0 Å².